The van der Waals surface area contributed by atoms with Crippen molar-refractivity contribution in [3.05, 3.63) is 88.2 Å². The number of hydrogen-bond acceptors (Lipinski definition) is 8. The SMILES string of the molecule is O=C(NCc1ccc2c(c1)OCO2)c1cccc(Nc2nn3c(=O)c4ccccc4nc3s2)c1. The van der Waals surface area contributed by atoms with E-state index in [1.807, 2.05) is 30.3 Å². The van der Waals surface area contributed by atoms with Gasteiger partial charge in [-0.25, -0.2) is 4.98 Å². The Morgan fingerprint density at radius 1 is 1.03 bits per heavy atom. The van der Waals surface area contributed by atoms with Gasteiger partial charge in [0.25, 0.3) is 11.5 Å². The molecule has 0 spiro atoms. The third kappa shape index (κ3) is 3.69. The van der Waals surface area contributed by atoms with Crippen molar-refractivity contribution in [3.8, 4) is 11.5 Å². The van der Waals surface area contributed by atoms with E-state index < -0.39 is 0 Å². The van der Waals surface area contributed by atoms with Crippen LogP contribution in [-0.4, -0.2) is 27.3 Å². The van der Waals surface area contributed by atoms with Gasteiger partial charge in [-0.05, 0) is 48.0 Å². The summed E-state index contributed by atoms with van der Waals surface area (Å²) < 4.78 is 12.0. The lowest BCUT2D eigenvalue weighted by molar-refractivity contribution is 0.0951. The minimum absolute atomic E-state index is 0.209. The monoisotopic (exact) mass is 471 g/mol. The molecule has 3 heterocycles. The second-order valence-corrected chi connectivity index (χ2v) is 8.57. The van der Waals surface area contributed by atoms with Gasteiger partial charge in [-0.3, -0.25) is 9.59 Å². The summed E-state index contributed by atoms with van der Waals surface area (Å²) in [5.41, 5.74) is 2.48. The molecule has 10 heteroatoms. The number of amides is 1. The van der Waals surface area contributed by atoms with Crippen LogP contribution in [-0.2, 0) is 6.54 Å². The van der Waals surface area contributed by atoms with E-state index in [-0.39, 0.29) is 18.3 Å². The Bertz CT molecular complexity index is 1630. The van der Waals surface area contributed by atoms with Crippen molar-refractivity contribution < 1.29 is 14.3 Å². The zero-order chi connectivity index (χ0) is 23.1. The van der Waals surface area contributed by atoms with Crippen LogP contribution in [0.3, 0.4) is 0 Å². The smallest absolute Gasteiger partial charge is 0.283 e. The Labute approximate surface area is 196 Å². The van der Waals surface area contributed by atoms with Crippen LogP contribution in [0.1, 0.15) is 15.9 Å². The molecule has 5 aromatic rings. The first-order chi connectivity index (χ1) is 16.6. The summed E-state index contributed by atoms with van der Waals surface area (Å²) in [6.07, 6.45) is 0. The Kier molecular flexibility index (Phi) is 4.84. The van der Waals surface area contributed by atoms with E-state index in [2.05, 4.69) is 20.7 Å². The molecule has 1 aliphatic rings. The van der Waals surface area contributed by atoms with Crippen LogP contribution in [0.5, 0.6) is 11.5 Å². The molecule has 0 bridgehead atoms. The number of fused-ring (bicyclic) bond motifs is 3. The number of nitrogens with zero attached hydrogens (tertiary/aromatic N) is 3. The minimum atomic E-state index is -0.221. The van der Waals surface area contributed by atoms with Gasteiger partial charge < -0.3 is 20.1 Å². The molecule has 0 saturated carbocycles. The zero-order valence-corrected chi connectivity index (χ0v) is 18.5. The van der Waals surface area contributed by atoms with Crippen LogP contribution in [0.4, 0.5) is 10.8 Å². The van der Waals surface area contributed by atoms with E-state index in [1.54, 1.807) is 36.4 Å². The highest BCUT2D eigenvalue weighted by atomic mass is 32.1. The predicted molar refractivity (Wildman–Crippen MR) is 128 cm³/mol. The topological polar surface area (TPSA) is 107 Å². The number of carbonyl (C=O) groups excluding carboxylic acids is 1. The maximum atomic E-state index is 12.7. The third-order valence-corrected chi connectivity index (χ3v) is 6.19. The molecule has 3 aromatic carbocycles. The second-order valence-electron chi connectivity index (χ2n) is 7.61. The Balaban J connectivity index is 1.19. The third-order valence-electron chi connectivity index (χ3n) is 5.37. The fourth-order valence-electron chi connectivity index (χ4n) is 3.70. The maximum absolute atomic E-state index is 12.7. The van der Waals surface area contributed by atoms with Crippen LogP contribution >= 0.6 is 11.3 Å². The number of para-hydroxylation sites is 1. The van der Waals surface area contributed by atoms with Crippen LogP contribution in [0.2, 0.25) is 0 Å². The molecule has 9 nitrogen and oxygen atoms in total. The van der Waals surface area contributed by atoms with Crippen LogP contribution in [0.15, 0.2) is 71.5 Å². The van der Waals surface area contributed by atoms with Crippen molar-refractivity contribution >= 4 is 43.9 Å². The van der Waals surface area contributed by atoms with Crippen LogP contribution in [0.25, 0.3) is 15.9 Å². The number of ether oxygens (including phenoxy) is 2. The minimum Gasteiger partial charge on any atom is -0.454 e. The molecular formula is C24H17N5O4S. The molecule has 34 heavy (non-hydrogen) atoms. The number of nitrogens with one attached hydrogen (secondary N) is 2. The van der Waals surface area contributed by atoms with Gasteiger partial charge in [-0.15, -0.1) is 5.10 Å². The molecule has 2 aromatic heterocycles. The molecule has 168 valence electrons. The fourth-order valence-corrected chi connectivity index (χ4v) is 4.52. The van der Waals surface area contributed by atoms with Crippen molar-refractivity contribution in [2.45, 2.75) is 6.54 Å². The average Bonchev–Trinajstić information content (AvgIpc) is 3.49. The lowest BCUT2D eigenvalue weighted by Crippen LogP contribution is -2.22. The molecule has 1 aliphatic heterocycles. The van der Waals surface area contributed by atoms with E-state index in [9.17, 15) is 9.59 Å². The summed E-state index contributed by atoms with van der Waals surface area (Å²) in [4.78, 5) is 30.4. The zero-order valence-electron chi connectivity index (χ0n) is 17.6. The summed E-state index contributed by atoms with van der Waals surface area (Å²) >= 11 is 1.26. The largest absolute Gasteiger partial charge is 0.454 e. The number of benzene rings is 3. The van der Waals surface area contributed by atoms with Gasteiger partial charge in [0.1, 0.15) is 0 Å². The molecule has 2 N–H and O–H groups in total. The number of carbonyl (C=O) groups is 1. The Morgan fingerprint density at radius 3 is 2.85 bits per heavy atom. The first kappa shape index (κ1) is 20.2. The maximum Gasteiger partial charge on any atom is 0.283 e. The van der Waals surface area contributed by atoms with Crippen molar-refractivity contribution in [2.75, 3.05) is 12.1 Å². The molecule has 0 atom stereocenters. The van der Waals surface area contributed by atoms with Gasteiger partial charge in [-0.2, -0.15) is 4.52 Å². The molecule has 1 amide bonds. The van der Waals surface area contributed by atoms with E-state index in [0.717, 1.165) is 5.56 Å². The highest BCUT2D eigenvalue weighted by Gasteiger charge is 2.14. The normalized spacial score (nSPS) is 12.2. The van der Waals surface area contributed by atoms with Crippen molar-refractivity contribution in [1.82, 2.24) is 19.9 Å². The van der Waals surface area contributed by atoms with Gasteiger partial charge in [0.2, 0.25) is 16.9 Å². The van der Waals surface area contributed by atoms with Gasteiger partial charge in [0.05, 0.1) is 10.9 Å². The van der Waals surface area contributed by atoms with E-state index in [1.165, 1.54) is 15.9 Å². The van der Waals surface area contributed by atoms with E-state index in [0.29, 0.717) is 50.3 Å². The first-order valence-corrected chi connectivity index (χ1v) is 11.3. The van der Waals surface area contributed by atoms with Crippen molar-refractivity contribution in [3.63, 3.8) is 0 Å². The quantitative estimate of drug-likeness (QED) is 0.402. The summed E-state index contributed by atoms with van der Waals surface area (Å²) in [6.45, 7) is 0.563. The molecule has 0 unspecified atom stereocenters. The van der Waals surface area contributed by atoms with Gasteiger partial charge in [0.15, 0.2) is 11.5 Å². The lowest BCUT2D eigenvalue weighted by Gasteiger charge is -2.08. The Morgan fingerprint density at radius 2 is 1.91 bits per heavy atom. The Hall–Kier alpha value is -4.44. The van der Waals surface area contributed by atoms with Crippen molar-refractivity contribution in [2.24, 2.45) is 0 Å². The average molecular weight is 471 g/mol. The molecule has 0 aliphatic carbocycles. The molecule has 0 fully saturated rings. The highest BCUT2D eigenvalue weighted by molar-refractivity contribution is 7.20. The summed E-state index contributed by atoms with van der Waals surface area (Å²) in [5.74, 6) is 1.17. The highest BCUT2D eigenvalue weighted by Crippen LogP contribution is 2.32. The summed E-state index contributed by atoms with van der Waals surface area (Å²) in [5, 5.41) is 11.5. The standard InChI is InChI=1S/C24H17N5O4S/c30-21(25-12-14-8-9-19-20(10-14)33-13-32-19)15-4-3-5-16(11-15)26-23-28-29-22(31)17-6-1-2-7-18(17)27-24(29)34-23/h1-11H,12-13H2,(H,25,30)(H,26,28). The predicted octanol–water partition coefficient (Wildman–Crippen LogP) is 3.71. The summed E-state index contributed by atoms with van der Waals surface area (Å²) in [6, 6.07) is 19.8. The number of anilines is 2. The molecule has 6 rings (SSSR count). The van der Waals surface area contributed by atoms with Crippen LogP contribution < -0.4 is 25.7 Å². The number of hydrogen-bond donors (Lipinski definition) is 2. The second kappa shape index (κ2) is 8.16. The van der Waals surface area contributed by atoms with Crippen LogP contribution in [0, 0.1) is 0 Å². The molecule has 0 saturated heterocycles. The molecular weight excluding hydrogens is 454 g/mol. The lowest BCUT2D eigenvalue weighted by atomic mass is 10.1. The van der Waals surface area contributed by atoms with Gasteiger partial charge in [0, 0.05) is 17.8 Å². The van der Waals surface area contributed by atoms with E-state index >= 15 is 0 Å². The fraction of sp³-hybridized carbons (Fsp3) is 0.0833. The van der Waals surface area contributed by atoms with Crippen molar-refractivity contribution in [1.29, 1.82) is 0 Å². The van der Waals surface area contributed by atoms with Gasteiger partial charge in [-0.1, -0.05) is 35.6 Å². The number of rotatable bonds is 5. The van der Waals surface area contributed by atoms with Gasteiger partial charge >= 0.3 is 0 Å². The first-order valence-electron chi connectivity index (χ1n) is 10.5. The number of aromatic nitrogens is 3. The molecule has 0 radical (unpaired) electrons. The van der Waals surface area contributed by atoms with E-state index in [4.69, 9.17) is 9.47 Å². The summed E-state index contributed by atoms with van der Waals surface area (Å²) in [7, 11) is 0.